The third-order valence-corrected chi connectivity index (χ3v) is 5.30. The summed E-state index contributed by atoms with van der Waals surface area (Å²) in [4.78, 5) is 2.38. The first-order chi connectivity index (χ1) is 11.2. The summed E-state index contributed by atoms with van der Waals surface area (Å²) >= 11 is 0. The Balaban J connectivity index is 1.81. The van der Waals surface area contributed by atoms with Crippen LogP contribution in [-0.2, 0) is 6.42 Å². The molecular weight excluding hydrogens is 278 g/mol. The molecule has 0 N–H and O–H groups in total. The van der Waals surface area contributed by atoms with Crippen molar-refractivity contribution in [3.05, 3.63) is 83.4 Å². The lowest BCUT2D eigenvalue weighted by Gasteiger charge is -2.35. The maximum absolute atomic E-state index is 2.38. The predicted octanol–water partition coefficient (Wildman–Crippen LogP) is 4.85. The van der Waals surface area contributed by atoms with Crippen LogP contribution in [0.15, 0.2) is 66.7 Å². The highest BCUT2D eigenvalue weighted by Gasteiger charge is 2.28. The standard InChI is InChI=1S/C22H23N/c1-23(2)20-14-18-9-5-6-10-21(18)22(15-20)19-12-11-16-7-3-4-8-17(16)13-19/h3-13,20,22H,14-15H2,1-2H3. The van der Waals surface area contributed by atoms with Crippen LogP contribution >= 0.6 is 0 Å². The van der Waals surface area contributed by atoms with Gasteiger partial charge in [-0.3, -0.25) is 0 Å². The second-order valence-corrected chi connectivity index (χ2v) is 6.92. The Morgan fingerprint density at radius 2 is 1.57 bits per heavy atom. The molecule has 3 aromatic rings. The second kappa shape index (κ2) is 5.82. The lowest BCUT2D eigenvalue weighted by atomic mass is 9.76. The van der Waals surface area contributed by atoms with Crippen molar-refractivity contribution >= 4 is 10.8 Å². The minimum absolute atomic E-state index is 0.497. The van der Waals surface area contributed by atoms with Crippen molar-refractivity contribution in [1.29, 1.82) is 0 Å². The van der Waals surface area contributed by atoms with Crippen LogP contribution in [0, 0.1) is 0 Å². The molecule has 4 rings (SSSR count). The fraction of sp³-hybridized carbons (Fsp3) is 0.273. The molecule has 2 atom stereocenters. The highest BCUT2D eigenvalue weighted by Crippen LogP contribution is 2.38. The van der Waals surface area contributed by atoms with Gasteiger partial charge in [0.1, 0.15) is 0 Å². The molecular formula is C22H23N. The Labute approximate surface area is 138 Å². The molecule has 1 nitrogen and oxygen atoms in total. The molecule has 116 valence electrons. The maximum Gasteiger partial charge on any atom is 0.0139 e. The Morgan fingerprint density at radius 1 is 0.826 bits per heavy atom. The van der Waals surface area contributed by atoms with Gasteiger partial charge in [-0.15, -0.1) is 0 Å². The first-order valence-corrected chi connectivity index (χ1v) is 8.45. The lowest BCUT2D eigenvalue weighted by Crippen LogP contribution is -2.35. The van der Waals surface area contributed by atoms with E-state index in [-0.39, 0.29) is 0 Å². The zero-order valence-electron chi connectivity index (χ0n) is 13.9. The molecule has 0 amide bonds. The van der Waals surface area contributed by atoms with Crippen LogP contribution in [0.4, 0.5) is 0 Å². The molecule has 2 unspecified atom stereocenters. The van der Waals surface area contributed by atoms with Gasteiger partial charge in [0, 0.05) is 12.0 Å². The fourth-order valence-corrected chi connectivity index (χ4v) is 3.93. The number of likely N-dealkylation sites (N-methyl/N-ethyl adjacent to an activating group) is 1. The van der Waals surface area contributed by atoms with E-state index in [1.807, 2.05) is 0 Å². The zero-order valence-corrected chi connectivity index (χ0v) is 13.9. The number of hydrogen-bond acceptors (Lipinski definition) is 1. The Bertz CT molecular complexity index is 834. The molecule has 0 saturated heterocycles. The van der Waals surface area contributed by atoms with Crippen LogP contribution in [0.2, 0.25) is 0 Å². The first kappa shape index (κ1) is 14.5. The van der Waals surface area contributed by atoms with E-state index in [9.17, 15) is 0 Å². The van der Waals surface area contributed by atoms with Crippen molar-refractivity contribution in [2.45, 2.75) is 24.8 Å². The van der Waals surface area contributed by atoms with E-state index in [2.05, 4.69) is 85.7 Å². The third kappa shape index (κ3) is 2.66. The van der Waals surface area contributed by atoms with E-state index in [0.29, 0.717) is 12.0 Å². The van der Waals surface area contributed by atoms with Crippen molar-refractivity contribution in [3.63, 3.8) is 0 Å². The summed E-state index contributed by atoms with van der Waals surface area (Å²) in [7, 11) is 4.41. The van der Waals surface area contributed by atoms with Crippen LogP contribution in [-0.4, -0.2) is 25.0 Å². The highest BCUT2D eigenvalue weighted by atomic mass is 15.1. The molecule has 0 heterocycles. The van der Waals surface area contributed by atoms with Crippen molar-refractivity contribution in [3.8, 4) is 0 Å². The van der Waals surface area contributed by atoms with Crippen molar-refractivity contribution in [2.75, 3.05) is 14.1 Å². The highest BCUT2D eigenvalue weighted by molar-refractivity contribution is 5.83. The number of rotatable bonds is 2. The smallest absolute Gasteiger partial charge is 0.0139 e. The van der Waals surface area contributed by atoms with Gasteiger partial charge in [-0.25, -0.2) is 0 Å². The molecule has 23 heavy (non-hydrogen) atoms. The lowest BCUT2D eigenvalue weighted by molar-refractivity contribution is 0.258. The van der Waals surface area contributed by atoms with Gasteiger partial charge < -0.3 is 4.90 Å². The van der Waals surface area contributed by atoms with Crippen LogP contribution in [0.3, 0.4) is 0 Å². The number of nitrogens with zero attached hydrogens (tertiary/aromatic N) is 1. The summed E-state index contributed by atoms with van der Waals surface area (Å²) in [5.74, 6) is 0.497. The molecule has 1 aliphatic rings. The van der Waals surface area contributed by atoms with Gasteiger partial charge in [0.25, 0.3) is 0 Å². The summed E-state index contributed by atoms with van der Waals surface area (Å²) < 4.78 is 0. The predicted molar refractivity (Wildman–Crippen MR) is 98.0 cm³/mol. The molecule has 0 radical (unpaired) electrons. The Morgan fingerprint density at radius 3 is 2.39 bits per heavy atom. The van der Waals surface area contributed by atoms with Gasteiger partial charge in [0.05, 0.1) is 0 Å². The number of benzene rings is 3. The zero-order chi connectivity index (χ0) is 15.8. The summed E-state index contributed by atoms with van der Waals surface area (Å²) in [6, 6.07) is 25.2. The first-order valence-electron chi connectivity index (χ1n) is 8.45. The number of fused-ring (bicyclic) bond motifs is 2. The van der Waals surface area contributed by atoms with Crippen molar-refractivity contribution < 1.29 is 0 Å². The van der Waals surface area contributed by atoms with Gasteiger partial charge in [-0.2, -0.15) is 0 Å². The molecule has 0 saturated carbocycles. The van der Waals surface area contributed by atoms with Crippen molar-refractivity contribution in [1.82, 2.24) is 4.90 Å². The minimum atomic E-state index is 0.497. The quantitative estimate of drug-likeness (QED) is 0.654. The summed E-state index contributed by atoms with van der Waals surface area (Å²) in [6.45, 7) is 0. The van der Waals surface area contributed by atoms with Gasteiger partial charge >= 0.3 is 0 Å². The average Bonchev–Trinajstić information content (AvgIpc) is 2.60. The van der Waals surface area contributed by atoms with Crippen molar-refractivity contribution in [2.24, 2.45) is 0 Å². The molecule has 1 aliphatic carbocycles. The van der Waals surface area contributed by atoms with Crippen LogP contribution in [0.5, 0.6) is 0 Å². The third-order valence-electron chi connectivity index (χ3n) is 5.30. The van der Waals surface area contributed by atoms with Gasteiger partial charge in [0.2, 0.25) is 0 Å². The summed E-state index contributed by atoms with van der Waals surface area (Å²) in [5, 5.41) is 2.67. The molecule has 0 bridgehead atoms. The average molecular weight is 301 g/mol. The van der Waals surface area contributed by atoms with E-state index >= 15 is 0 Å². The molecule has 0 fully saturated rings. The summed E-state index contributed by atoms with van der Waals surface area (Å²) in [5.41, 5.74) is 4.47. The largest absolute Gasteiger partial charge is 0.306 e. The molecule has 0 aromatic heterocycles. The molecule has 0 spiro atoms. The summed E-state index contributed by atoms with van der Waals surface area (Å²) in [6.07, 6.45) is 2.36. The van der Waals surface area contributed by atoms with Crippen LogP contribution in [0.1, 0.15) is 29.0 Å². The van der Waals surface area contributed by atoms with E-state index in [0.717, 1.165) is 6.42 Å². The second-order valence-electron chi connectivity index (χ2n) is 6.92. The molecule has 3 aromatic carbocycles. The van der Waals surface area contributed by atoms with Crippen LogP contribution in [0.25, 0.3) is 10.8 Å². The van der Waals surface area contributed by atoms with Crippen LogP contribution < -0.4 is 0 Å². The molecule has 0 aliphatic heterocycles. The Kier molecular flexibility index (Phi) is 3.66. The fourth-order valence-electron chi connectivity index (χ4n) is 3.93. The Hall–Kier alpha value is -2.12. The maximum atomic E-state index is 2.38. The number of hydrogen-bond donors (Lipinski definition) is 0. The minimum Gasteiger partial charge on any atom is -0.306 e. The van der Waals surface area contributed by atoms with E-state index in [1.165, 1.54) is 33.9 Å². The SMILES string of the molecule is CN(C)C1Cc2ccccc2C(c2ccc3ccccc3c2)C1. The van der Waals surface area contributed by atoms with Gasteiger partial charge in [0.15, 0.2) is 0 Å². The van der Waals surface area contributed by atoms with Gasteiger partial charge in [-0.05, 0) is 54.4 Å². The normalized spacial score (nSPS) is 20.7. The van der Waals surface area contributed by atoms with E-state index < -0.39 is 0 Å². The van der Waals surface area contributed by atoms with E-state index in [1.54, 1.807) is 0 Å². The monoisotopic (exact) mass is 301 g/mol. The van der Waals surface area contributed by atoms with E-state index in [4.69, 9.17) is 0 Å². The van der Waals surface area contributed by atoms with Gasteiger partial charge in [-0.1, -0.05) is 66.7 Å². The topological polar surface area (TPSA) is 3.24 Å². The molecule has 1 heteroatoms.